The lowest BCUT2D eigenvalue weighted by Gasteiger charge is -2.42. The number of aromatic nitrogens is 2. The number of carbonyl (C=O) groups is 2. The van der Waals surface area contributed by atoms with Crippen molar-refractivity contribution in [3.8, 4) is 11.1 Å². The van der Waals surface area contributed by atoms with Crippen molar-refractivity contribution in [3.63, 3.8) is 0 Å². The molecule has 1 saturated heterocycles. The molecule has 0 saturated carbocycles. The average Bonchev–Trinajstić information content (AvgIpc) is 2.94. The molecule has 2 N–H and O–H groups in total. The third-order valence-corrected chi connectivity index (χ3v) is 10.3. The van der Waals surface area contributed by atoms with Crippen molar-refractivity contribution in [2.24, 2.45) is 5.92 Å². The van der Waals surface area contributed by atoms with Crippen LogP contribution in [-0.2, 0) is 16.0 Å². The van der Waals surface area contributed by atoms with Crippen molar-refractivity contribution in [2.45, 2.75) is 70.9 Å². The van der Waals surface area contributed by atoms with Crippen LogP contribution in [0.4, 0.5) is 8.78 Å². The lowest BCUT2D eigenvalue weighted by molar-refractivity contribution is -0.137. The van der Waals surface area contributed by atoms with Crippen molar-refractivity contribution in [1.82, 2.24) is 20.0 Å². The third kappa shape index (κ3) is 8.61. The standard InChI is InChI=1S/C33H38Cl2F2N4O4Si/c1-18(2)15-46-32(41-31(45)20(4)12-22(39-41)9-10-40-16-33(5,37)17-40)30(44)38-26(14-27(42)43)23-13-21(11-19(3)29(23)36)28-24(34)7-6-8-25(28)35/h6-8,11-13,18,26,32H,9-10,14-17H2,1-5H3,(H,38,44)(H,42,43)/t26-,32-/m0/s1. The molecule has 0 bridgehead atoms. The Hall–Kier alpha value is -3.12. The second kappa shape index (κ2) is 14.7. The van der Waals surface area contributed by atoms with E-state index >= 15 is 4.39 Å². The van der Waals surface area contributed by atoms with Crippen molar-refractivity contribution in [3.05, 3.63) is 85.0 Å². The number of aliphatic carboxylic acids is 1. The van der Waals surface area contributed by atoms with E-state index in [1.165, 1.54) is 13.0 Å². The molecule has 0 spiro atoms. The van der Waals surface area contributed by atoms with Crippen LogP contribution >= 0.6 is 23.2 Å². The number of carbonyl (C=O) groups excluding carboxylic acids is 1. The summed E-state index contributed by atoms with van der Waals surface area (Å²) in [6.45, 7) is 9.88. The monoisotopic (exact) mass is 690 g/mol. The maximum absolute atomic E-state index is 15.7. The van der Waals surface area contributed by atoms with Gasteiger partial charge in [0.1, 0.15) is 17.2 Å². The van der Waals surface area contributed by atoms with Crippen LogP contribution in [-0.4, -0.2) is 66.5 Å². The molecule has 2 aromatic carbocycles. The molecule has 46 heavy (non-hydrogen) atoms. The maximum atomic E-state index is 15.7. The van der Waals surface area contributed by atoms with E-state index in [-0.39, 0.29) is 26.6 Å². The Morgan fingerprint density at radius 3 is 2.37 bits per heavy atom. The Labute approximate surface area is 279 Å². The lowest BCUT2D eigenvalue weighted by atomic mass is 9.94. The summed E-state index contributed by atoms with van der Waals surface area (Å²) >= 11 is 12.9. The van der Waals surface area contributed by atoms with E-state index in [1.807, 2.05) is 18.7 Å². The van der Waals surface area contributed by atoms with E-state index in [0.717, 1.165) is 4.68 Å². The molecule has 0 unspecified atom stereocenters. The Morgan fingerprint density at radius 2 is 1.78 bits per heavy atom. The number of carboxylic acids is 1. The molecule has 2 heterocycles. The minimum atomic E-state index is -1.28. The first-order chi connectivity index (χ1) is 21.6. The Morgan fingerprint density at radius 1 is 1.13 bits per heavy atom. The number of benzene rings is 2. The fraction of sp³-hybridized carbons (Fsp3) is 0.455. The molecule has 13 heteroatoms. The van der Waals surface area contributed by atoms with Crippen LogP contribution in [0.2, 0.25) is 16.1 Å². The molecule has 1 fully saturated rings. The van der Waals surface area contributed by atoms with Crippen LogP contribution in [0.3, 0.4) is 0 Å². The van der Waals surface area contributed by atoms with E-state index in [0.29, 0.717) is 64.5 Å². The highest BCUT2D eigenvalue weighted by Crippen LogP contribution is 2.37. The fourth-order valence-electron chi connectivity index (χ4n) is 5.59. The molecular weight excluding hydrogens is 653 g/mol. The number of carboxylic acid groups (broad SMARTS) is 1. The summed E-state index contributed by atoms with van der Waals surface area (Å²) < 4.78 is 30.9. The molecule has 1 aliphatic rings. The number of likely N-dealkylation sites (tertiary alicyclic amines) is 1. The molecule has 4 rings (SSSR count). The molecular formula is C33H38Cl2F2N4O4Si. The number of alkyl halides is 1. The van der Waals surface area contributed by atoms with Gasteiger partial charge in [0, 0.05) is 52.8 Å². The zero-order valence-electron chi connectivity index (χ0n) is 26.5. The molecule has 1 amide bonds. The van der Waals surface area contributed by atoms with Gasteiger partial charge in [-0.1, -0.05) is 49.2 Å². The Balaban J connectivity index is 1.70. The van der Waals surface area contributed by atoms with Gasteiger partial charge in [-0.05, 0) is 68.1 Å². The number of nitrogens with one attached hydrogen (secondary N) is 1. The predicted octanol–water partition coefficient (Wildman–Crippen LogP) is 6.17. The van der Waals surface area contributed by atoms with E-state index in [1.54, 1.807) is 44.2 Å². The van der Waals surface area contributed by atoms with Gasteiger partial charge in [0.25, 0.3) is 5.56 Å². The Kier molecular flexibility index (Phi) is 11.5. The number of amides is 1. The number of rotatable bonds is 13. The van der Waals surface area contributed by atoms with Crippen LogP contribution in [0, 0.1) is 25.6 Å². The maximum Gasteiger partial charge on any atom is 0.305 e. The van der Waals surface area contributed by atoms with Gasteiger partial charge in [-0.15, -0.1) is 0 Å². The normalized spacial score (nSPS) is 15.8. The lowest BCUT2D eigenvalue weighted by Crippen LogP contribution is -2.57. The summed E-state index contributed by atoms with van der Waals surface area (Å²) in [7, 11) is -0.0762. The van der Waals surface area contributed by atoms with Gasteiger partial charge < -0.3 is 10.4 Å². The molecule has 3 aromatic rings. The van der Waals surface area contributed by atoms with Crippen molar-refractivity contribution in [1.29, 1.82) is 0 Å². The summed E-state index contributed by atoms with van der Waals surface area (Å²) in [5.41, 5.74) is -0.689. The fourth-order valence-corrected chi connectivity index (χ4v) is 7.52. The summed E-state index contributed by atoms with van der Waals surface area (Å²) in [5.74, 6) is -2.39. The highest BCUT2D eigenvalue weighted by molar-refractivity contribution is 6.42. The number of nitrogens with zero attached hydrogens (tertiary/aromatic N) is 3. The van der Waals surface area contributed by atoms with E-state index in [2.05, 4.69) is 10.4 Å². The molecule has 8 nitrogen and oxygen atoms in total. The number of hydrogen-bond donors (Lipinski definition) is 2. The first-order valence-electron chi connectivity index (χ1n) is 15.1. The first-order valence-corrected chi connectivity index (χ1v) is 17.1. The van der Waals surface area contributed by atoms with Gasteiger partial charge in [-0.2, -0.15) is 5.10 Å². The number of aryl methyl sites for hydroxylation is 2. The molecule has 1 aliphatic heterocycles. The van der Waals surface area contributed by atoms with Crippen LogP contribution in [0.1, 0.15) is 61.3 Å². The van der Waals surface area contributed by atoms with Gasteiger partial charge in [-0.25, -0.2) is 13.5 Å². The Bertz CT molecular complexity index is 1660. The minimum absolute atomic E-state index is 0.0488. The zero-order chi connectivity index (χ0) is 33.9. The first kappa shape index (κ1) is 35.7. The van der Waals surface area contributed by atoms with Gasteiger partial charge in [0.05, 0.1) is 27.7 Å². The molecule has 2 radical (unpaired) electrons. The highest BCUT2D eigenvalue weighted by atomic mass is 35.5. The van der Waals surface area contributed by atoms with Crippen LogP contribution < -0.4 is 10.9 Å². The number of halogens is 4. The minimum Gasteiger partial charge on any atom is -0.481 e. The van der Waals surface area contributed by atoms with E-state index in [9.17, 15) is 23.9 Å². The molecule has 2 atom stereocenters. The van der Waals surface area contributed by atoms with Gasteiger partial charge >= 0.3 is 5.97 Å². The van der Waals surface area contributed by atoms with Crippen LogP contribution in [0.25, 0.3) is 11.1 Å². The van der Waals surface area contributed by atoms with Gasteiger partial charge in [0.2, 0.25) is 5.91 Å². The second-order valence-corrected chi connectivity index (χ2v) is 14.8. The van der Waals surface area contributed by atoms with Crippen molar-refractivity contribution < 1.29 is 23.5 Å². The topological polar surface area (TPSA) is 105 Å². The third-order valence-electron chi connectivity index (χ3n) is 7.77. The summed E-state index contributed by atoms with van der Waals surface area (Å²) in [5, 5.41) is 17.7. The largest absolute Gasteiger partial charge is 0.481 e. The summed E-state index contributed by atoms with van der Waals surface area (Å²) in [6, 6.07) is 8.94. The average molecular weight is 692 g/mol. The molecule has 1 aromatic heterocycles. The highest BCUT2D eigenvalue weighted by Gasteiger charge is 2.38. The zero-order valence-corrected chi connectivity index (χ0v) is 29.0. The SMILES string of the molecule is Cc1cc(-c2c(Cl)cccc2Cl)cc([C@H](CC(=O)O)NC(=O)[C@H]([Si]CC(C)C)n2nc(CCN3CC(C)(F)C3)cc(C)c2=O)c1F. The quantitative estimate of drug-likeness (QED) is 0.208. The van der Waals surface area contributed by atoms with Crippen LogP contribution in [0.5, 0.6) is 0 Å². The molecule has 0 aliphatic carbocycles. The second-order valence-electron chi connectivity index (χ2n) is 12.6. The van der Waals surface area contributed by atoms with Crippen molar-refractivity contribution in [2.75, 3.05) is 19.6 Å². The van der Waals surface area contributed by atoms with Gasteiger partial charge in [-0.3, -0.25) is 19.3 Å². The molecule has 246 valence electrons. The summed E-state index contributed by atoms with van der Waals surface area (Å²) in [4.78, 5) is 41.4. The van der Waals surface area contributed by atoms with Gasteiger partial charge in [0.15, 0.2) is 0 Å². The smallest absolute Gasteiger partial charge is 0.305 e. The van der Waals surface area contributed by atoms with Crippen LogP contribution in [0.15, 0.2) is 41.2 Å². The van der Waals surface area contributed by atoms with E-state index in [4.69, 9.17) is 23.2 Å². The van der Waals surface area contributed by atoms with E-state index < -0.39 is 47.0 Å². The number of hydrogen-bond acceptors (Lipinski definition) is 5. The predicted molar refractivity (Wildman–Crippen MR) is 177 cm³/mol. The summed E-state index contributed by atoms with van der Waals surface area (Å²) in [6.07, 6.45) is -0.172. The van der Waals surface area contributed by atoms with Crippen molar-refractivity contribution >= 4 is 44.6 Å².